The Balaban J connectivity index is 1.56. The van der Waals surface area contributed by atoms with Crippen LogP contribution in [0.1, 0.15) is 38.7 Å². The molecule has 0 saturated carbocycles. The van der Waals surface area contributed by atoms with Crippen molar-refractivity contribution >= 4 is 5.69 Å². The summed E-state index contributed by atoms with van der Waals surface area (Å²) >= 11 is 0. The number of benzene rings is 1. The molecule has 0 spiro atoms. The number of anilines is 1. The Kier molecular flexibility index (Phi) is 4.81. The maximum Gasteiger partial charge on any atom is 0.0400 e. The van der Waals surface area contributed by atoms with E-state index in [2.05, 4.69) is 53.2 Å². The quantitative estimate of drug-likeness (QED) is 0.897. The van der Waals surface area contributed by atoms with Crippen LogP contribution < -0.4 is 5.32 Å². The van der Waals surface area contributed by atoms with Gasteiger partial charge in [0, 0.05) is 37.4 Å². The van der Waals surface area contributed by atoms with Crippen LogP contribution in [0, 0.1) is 0 Å². The molecule has 2 fully saturated rings. The molecule has 0 aromatic heterocycles. The average molecular weight is 287 g/mol. The van der Waals surface area contributed by atoms with E-state index in [1.165, 1.54) is 56.7 Å². The first-order chi connectivity index (χ1) is 10.2. The second-order valence-corrected chi connectivity index (χ2v) is 6.90. The molecular weight excluding hydrogens is 258 g/mol. The molecule has 21 heavy (non-hydrogen) atoms. The number of hydrogen-bond donors (Lipinski definition) is 1. The van der Waals surface area contributed by atoms with E-state index in [1.807, 2.05) is 0 Å². The molecule has 3 rings (SSSR count). The molecule has 0 aliphatic carbocycles. The lowest BCUT2D eigenvalue weighted by atomic mass is 10.1. The monoisotopic (exact) mass is 287 g/mol. The van der Waals surface area contributed by atoms with Gasteiger partial charge < -0.3 is 5.32 Å². The zero-order valence-corrected chi connectivity index (χ0v) is 13.5. The molecule has 116 valence electrons. The van der Waals surface area contributed by atoms with Gasteiger partial charge in [0.15, 0.2) is 0 Å². The van der Waals surface area contributed by atoms with Crippen molar-refractivity contribution in [2.24, 2.45) is 0 Å². The fourth-order valence-corrected chi connectivity index (χ4v) is 3.57. The van der Waals surface area contributed by atoms with E-state index >= 15 is 0 Å². The smallest absolute Gasteiger partial charge is 0.0400 e. The van der Waals surface area contributed by atoms with Crippen molar-refractivity contribution in [1.82, 2.24) is 9.80 Å². The third kappa shape index (κ3) is 3.98. The molecule has 1 atom stereocenters. The van der Waals surface area contributed by atoms with Crippen LogP contribution in [0.5, 0.6) is 0 Å². The summed E-state index contributed by atoms with van der Waals surface area (Å²) in [6.45, 7) is 10.6. The Bertz CT molecular complexity index is 452. The highest BCUT2D eigenvalue weighted by molar-refractivity contribution is 5.46. The third-order valence-corrected chi connectivity index (χ3v) is 4.85. The summed E-state index contributed by atoms with van der Waals surface area (Å²) in [6.07, 6.45) is 3.99. The Morgan fingerprint density at radius 1 is 1.19 bits per heavy atom. The van der Waals surface area contributed by atoms with Crippen LogP contribution >= 0.6 is 0 Å². The van der Waals surface area contributed by atoms with Gasteiger partial charge in [-0.3, -0.25) is 9.80 Å². The van der Waals surface area contributed by atoms with Crippen LogP contribution in [0.25, 0.3) is 0 Å². The first-order valence-electron chi connectivity index (χ1n) is 8.52. The van der Waals surface area contributed by atoms with Crippen molar-refractivity contribution in [2.75, 3.05) is 31.5 Å². The predicted molar refractivity (Wildman–Crippen MR) is 89.7 cm³/mol. The molecule has 1 aromatic carbocycles. The van der Waals surface area contributed by atoms with Gasteiger partial charge in [0.05, 0.1) is 0 Å². The molecule has 2 saturated heterocycles. The van der Waals surface area contributed by atoms with Crippen LogP contribution in [0.2, 0.25) is 0 Å². The van der Waals surface area contributed by atoms with Gasteiger partial charge in [-0.15, -0.1) is 0 Å². The average Bonchev–Trinajstić information content (AvgIpc) is 3.11. The highest BCUT2D eigenvalue weighted by Crippen LogP contribution is 2.20. The summed E-state index contributed by atoms with van der Waals surface area (Å²) in [5, 5.41) is 3.73. The lowest BCUT2D eigenvalue weighted by Crippen LogP contribution is -2.31. The number of hydrogen-bond acceptors (Lipinski definition) is 3. The summed E-state index contributed by atoms with van der Waals surface area (Å²) in [7, 11) is 0. The van der Waals surface area contributed by atoms with Crippen molar-refractivity contribution < 1.29 is 0 Å². The third-order valence-electron chi connectivity index (χ3n) is 4.85. The Hall–Kier alpha value is -1.06. The molecule has 2 aliphatic heterocycles. The lowest BCUT2D eigenvalue weighted by molar-refractivity contribution is 0.274. The highest BCUT2D eigenvalue weighted by Gasteiger charge is 2.23. The van der Waals surface area contributed by atoms with Crippen molar-refractivity contribution in [2.45, 2.75) is 51.7 Å². The van der Waals surface area contributed by atoms with Gasteiger partial charge in [0.25, 0.3) is 0 Å². The number of likely N-dealkylation sites (tertiary alicyclic amines) is 2. The zero-order valence-electron chi connectivity index (χ0n) is 13.5. The molecule has 0 bridgehead atoms. The van der Waals surface area contributed by atoms with E-state index in [9.17, 15) is 0 Å². The summed E-state index contributed by atoms with van der Waals surface area (Å²) in [5.41, 5.74) is 2.74. The Labute approximate surface area is 129 Å². The van der Waals surface area contributed by atoms with E-state index in [4.69, 9.17) is 0 Å². The van der Waals surface area contributed by atoms with Gasteiger partial charge in [0.1, 0.15) is 0 Å². The summed E-state index contributed by atoms with van der Waals surface area (Å²) in [5.74, 6) is 0. The first kappa shape index (κ1) is 14.9. The zero-order chi connectivity index (χ0) is 14.7. The van der Waals surface area contributed by atoms with Gasteiger partial charge in [0.2, 0.25) is 0 Å². The standard InChI is InChI=1S/C18H29N3/c1-15(2)21-11-8-18(14-21)19-17-7-5-6-16(12-17)13-20-9-3-4-10-20/h5-7,12,15,18-19H,3-4,8-11,13-14H2,1-2H3. The second kappa shape index (κ2) is 6.80. The van der Waals surface area contributed by atoms with Crippen LogP contribution in [0.3, 0.4) is 0 Å². The van der Waals surface area contributed by atoms with Crippen molar-refractivity contribution in [3.63, 3.8) is 0 Å². The van der Waals surface area contributed by atoms with Crippen LogP contribution in [-0.4, -0.2) is 48.1 Å². The van der Waals surface area contributed by atoms with E-state index in [0.29, 0.717) is 12.1 Å². The largest absolute Gasteiger partial charge is 0.381 e. The molecule has 2 aliphatic rings. The van der Waals surface area contributed by atoms with Gasteiger partial charge >= 0.3 is 0 Å². The van der Waals surface area contributed by atoms with Crippen LogP contribution in [0.15, 0.2) is 24.3 Å². The lowest BCUT2D eigenvalue weighted by Gasteiger charge is -2.21. The van der Waals surface area contributed by atoms with Crippen molar-refractivity contribution in [1.29, 1.82) is 0 Å². The number of nitrogens with zero attached hydrogens (tertiary/aromatic N) is 2. The molecule has 1 aromatic rings. The van der Waals surface area contributed by atoms with Gasteiger partial charge in [-0.2, -0.15) is 0 Å². The number of nitrogens with one attached hydrogen (secondary N) is 1. The molecular formula is C18H29N3. The molecule has 3 heteroatoms. The Morgan fingerprint density at radius 3 is 2.71 bits per heavy atom. The minimum Gasteiger partial charge on any atom is -0.381 e. The minimum atomic E-state index is 0.606. The fraction of sp³-hybridized carbons (Fsp3) is 0.667. The molecule has 0 radical (unpaired) electrons. The molecule has 3 nitrogen and oxygen atoms in total. The molecule has 0 amide bonds. The Morgan fingerprint density at radius 2 is 2.00 bits per heavy atom. The van der Waals surface area contributed by atoms with E-state index in [-0.39, 0.29) is 0 Å². The first-order valence-corrected chi connectivity index (χ1v) is 8.52. The van der Waals surface area contributed by atoms with Gasteiger partial charge in [-0.1, -0.05) is 12.1 Å². The van der Waals surface area contributed by atoms with Crippen LogP contribution in [0.4, 0.5) is 5.69 Å². The normalized spacial score (nSPS) is 24.0. The summed E-state index contributed by atoms with van der Waals surface area (Å²) in [4.78, 5) is 5.13. The second-order valence-electron chi connectivity index (χ2n) is 6.90. The minimum absolute atomic E-state index is 0.606. The SMILES string of the molecule is CC(C)N1CCC(Nc2cccc(CN3CCCC3)c2)C1. The molecule has 1 N–H and O–H groups in total. The maximum atomic E-state index is 3.73. The number of rotatable bonds is 5. The predicted octanol–water partition coefficient (Wildman–Crippen LogP) is 3.18. The van der Waals surface area contributed by atoms with Crippen molar-refractivity contribution in [3.8, 4) is 0 Å². The van der Waals surface area contributed by atoms with Crippen molar-refractivity contribution in [3.05, 3.63) is 29.8 Å². The van der Waals surface area contributed by atoms with E-state index < -0.39 is 0 Å². The van der Waals surface area contributed by atoms with E-state index in [0.717, 1.165) is 6.54 Å². The topological polar surface area (TPSA) is 18.5 Å². The summed E-state index contributed by atoms with van der Waals surface area (Å²) in [6, 6.07) is 10.3. The fourth-order valence-electron chi connectivity index (χ4n) is 3.57. The maximum absolute atomic E-state index is 3.73. The van der Waals surface area contributed by atoms with Gasteiger partial charge in [-0.25, -0.2) is 0 Å². The molecule has 1 unspecified atom stereocenters. The highest BCUT2D eigenvalue weighted by atomic mass is 15.2. The van der Waals surface area contributed by atoms with Gasteiger partial charge in [-0.05, 0) is 63.9 Å². The molecule has 2 heterocycles. The summed E-state index contributed by atoms with van der Waals surface area (Å²) < 4.78 is 0. The van der Waals surface area contributed by atoms with Crippen LogP contribution in [-0.2, 0) is 6.54 Å². The van der Waals surface area contributed by atoms with E-state index in [1.54, 1.807) is 0 Å².